The first kappa shape index (κ1) is 19.2. The van der Waals surface area contributed by atoms with Crippen molar-refractivity contribution >= 4 is 34.1 Å². The third-order valence-electron chi connectivity index (χ3n) is 4.64. The van der Waals surface area contributed by atoms with Gasteiger partial charge in [-0.05, 0) is 49.3 Å². The van der Waals surface area contributed by atoms with E-state index in [0.717, 1.165) is 36.1 Å². The summed E-state index contributed by atoms with van der Waals surface area (Å²) in [6.07, 6.45) is 5.15. The van der Waals surface area contributed by atoms with Crippen LogP contribution in [0.2, 0.25) is 0 Å². The van der Waals surface area contributed by atoms with Crippen LogP contribution < -0.4 is 16.4 Å². The second kappa shape index (κ2) is 7.96. The molecular formula is C19H23N3O4S. The largest absolute Gasteiger partial charge is 0.459 e. The summed E-state index contributed by atoms with van der Waals surface area (Å²) < 4.78 is 5.08. The fourth-order valence-corrected chi connectivity index (χ4v) is 4.56. The van der Waals surface area contributed by atoms with Crippen LogP contribution in [0.1, 0.15) is 58.0 Å². The van der Waals surface area contributed by atoms with E-state index in [0.29, 0.717) is 10.6 Å². The predicted octanol–water partition coefficient (Wildman–Crippen LogP) is 2.71. The highest BCUT2D eigenvalue weighted by molar-refractivity contribution is 7.17. The van der Waals surface area contributed by atoms with Gasteiger partial charge in [0.2, 0.25) is 5.91 Å². The topological polar surface area (TPSA) is 114 Å². The lowest BCUT2D eigenvalue weighted by molar-refractivity contribution is -0.118. The maximum atomic E-state index is 12.8. The van der Waals surface area contributed by atoms with Crippen LogP contribution in [-0.4, -0.2) is 23.8 Å². The number of hydrogen-bond donors (Lipinski definition) is 3. The van der Waals surface area contributed by atoms with Gasteiger partial charge < -0.3 is 20.8 Å². The highest BCUT2D eigenvalue weighted by Crippen LogP contribution is 2.38. The molecule has 0 spiro atoms. The molecule has 4 N–H and O–H groups in total. The molecule has 7 nitrogen and oxygen atoms in total. The molecule has 144 valence electrons. The quantitative estimate of drug-likeness (QED) is 0.704. The summed E-state index contributed by atoms with van der Waals surface area (Å²) in [5.41, 5.74) is 6.93. The van der Waals surface area contributed by atoms with Gasteiger partial charge in [-0.25, -0.2) is 0 Å². The Labute approximate surface area is 161 Å². The molecule has 1 aliphatic carbocycles. The van der Waals surface area contributed by atoms with Crippen LogP contribution in [0.3, 0.4) is 0 Å². The molecule has 0 fully saturated rings. The summed E-state index contributed by atoms with van der Waals surface area (Å²) in [7, 11) is 0. The summed E-state index contributed by atoms with van der Waals surface area (Å²) in [5, 5.41) is 5.98. The second-order valence-corrected chi connectivity index (χ2v) is 8.05. The summed E-state index contributed by atoms with van der Waals surface area (Å²) in [6, 6.07) is 2.36. The Hall–Kier alpha value is -2.61. The van der Waals surface area contributed by atoms with Crippen molar-refractivity contribution in [2.45, 2.75) is 45.6 Å². The monoisotopic (exact) mass is 389 g/mol. The summed E-state index contributed by atoms with van der Waals surface area (Å²) in [6.45, 7) is 3.67. The molecule has 0 radical (unpaired) electrons. The number of aryl methyl sites for hydroxylation is 1. The van der Waals surface area contributed by atoms with E-state index >= 15 is 0 Å². The van der Waals surface area contributed by atoms with Crippen molar-refractivity contribution in [3.8, 4) is 0 Å². The highest BCUT2D eigenvalue weighted by atomic mass is 32.1. The lowest BCUT2D eigenvalue weighted by Crippen LogP contribution is -2.47. The number of primary amides is 1. The van der Waals surface area contributed by atoms with Crippen LogP contribution in [0.5, 0.6) is 0 Å². The number of anilines is 1. The Morgan fingerprint density at radius 2 is 1.96 bits per heavy atom. The molecule has 0 saturated carbocycles. The molecule has 8 heteroatoms. The van der Waals surface area contributed by atoms with Gasteiger partial charge in [0.25, 0.3) is 11.8 Å². The van der Waals surface area contributed by atoms with Gasteiger partial charge in [-0.2, -0.15) is 0 Å². The standard InChI is InChI=1S/C19H23N3O4S/c1-10(2)15(21-17(24)12-7-5-9-26-12)18(25)22-19-14(16(20)23)11-6-3-4-8-13(11)27-19/h5,7,9-10,15H,3-4,6,8H2,1-2H3,(H2,20,23)(H,21,24)(H,22,25)/t15-/m0/s1. The van der Waals surface area contributed by atoms with Gasteiger partial charge in [-0.15, -0.1) is 11.3 Å². The van der Waals surface area contributed by atoms with Gasteiger partial charge in [0.15, 0.2) is 5.76 Å². The first-order chi connectivity index (χ1) is 12.9. The Morgan fingerprint density at radius 3 is 2.59 bits per heavy atom. The van der Waals surface area contributed by atoms with Crippen LogP contribution in [0.4, 0.5) is 5.00 Å². The SMILES string of the molecule is CC(C)[C@H](NC(=O)c1ccco1)C(=O)Nc1sc2c(c1C(N)=O)CCCC2. The second-order valence-electron chi connectivity index (χ2n) is 6.94. The summed E-state index contributed by atoms with van der Waals surface area (Å²) in [5.74, 6) is -1.40. The molecule has 2 aromatic heterocycles. The van der Waals surface area contributed by atoms with E-state index in [1.807, 2.05) is 13.8 Å². The molecular weight excluding hydrogens is 366 g/mol. The zero-order valence-corrected chi connectivity index (χ0v) is 16.2. The highest BCUT2D eigenvalue weighted by Gasteiger charge is 2.29. The van der Waals surface area contributed by atoms with Crippen molar-refractivity contribution < 1.29 is 18.8 Å². The average Bonchev–Trinajstić information content (AvgIpc) is 3.26. The maximum Gasteiger partial charge on any atom is 0.287 e. The number of nitrogens with one attached hydrogen (secondary N) is 2. The van der Waals surface area contributed by atoms with Crippen molar-refractivity contribution in [1.82, 2.24) is 5.32 Å². The molecule has 3 rings (SSSR count). The zero-order chi connectivity index (χ0) is 19.6. The average molecular weight is 389 g/mol. The fraction of sp³-hybridized carbons (Fsp3) is 0.421. The van der Waals surface area contributed by atoms with Crippen molar-refractivity contribution in [1.29, 1.82) is 0 Å². The van der Waals surface area contributed by atoms with Crippen molar-refractivity contribution in [2.75, 3.05) is 5.32 Å². The van der Waals surface area contributed by atoms with E-state index in [4.69, 9.17) is 10.2 Å². The number of amides is 3. The molecule has 3 amide bonds. The molecule has 1 aliphatic rings. The number of carbonyl (C=O) groups is 3. The van der Waals surface area contributed by atoms with Gasteiger partial charge >= 0.3 is 0 Å². The third kappa shape index (κ3) is 4.05. The Bertz CT molecular complexity index is 855. The predicted molar refractivity (Wildman–Crippen MR) is 103 cm³/mol. The molecule has 0 saturated heterocycles. The minimum absolute atomic E-state index is 0.137. The van der Waals surface area contributed by atoms with Gasteiger partial charge in [-0.1, -0.05) is 13.8 Å². The number of fused-ring (bicyclic) bond motifs is 1. The number of furan rings is 1. The number of hydrogen-bond acceptors (Lipinski definition) is 5. The number of nitrogens with two attached hydrogens (primary N) is 1. The van der Waals surface area contributed by atoms with Gasteiger partial charge in [-0.3, -0.25) is 14.4 Å². The Morgan fingerprint density at radius 1 is 1.22 bits per heavy atom. The van der Waals surface area contributed by atoms with Crippen LogP contribution in [0, 0.1) is 5.92 Å². The minimum atomic E-state index is -0.776. The zero-order valence-electron chi connectivity index (χ0n) is 15.3. The first-order valence-electron chi connectivity index (χ1n) is 8.98. The fourth-order valence-electron chi connectivity index (χ4n) is 3.26. The number of thiophene rings is 1. The van der Waals surface area contributed by atoms with Crippen molar-refractivity contribution in [3.63, 3.8) is 0 Å². The number of rotatable bonds is 6. The normalized spacial score (nSPS) is 14.5. The third-order valence-corrected chi connectivity index (χ3v) is 5.84. The summed E-state index contributed by atoms with van der Waals surface area (Å²) >= 11 is 1.40. The lowest BCUT2D eigenvalue weighted by atomic mass is 9.95. The maximum absolute atomic E-state index is 12.8. The minimum Gasteiger partial charge on any atom is -0.459 e. The molecule has 27 heavy (non-hydrogen) atoms. The van der Waals surface area contributed by atoms with Gasteiger partial charge in [0, 0.05) is 4.88 Å². The van der Waals surface area contributed by atoms with Crippen LogP contribution >= 0.6 is 11.3 Å². The molecule has 0 bridgehead atoms. The van der Waals surface area contributed by atoms with E-state index in [1.165, 1.54) is 23.7 Å². The van der Waals surface area contributed by atoms with Crippen LogP contribution in [0.25, 0.3) is 0 Å². The molecule has 2 aromatic rings. The Kier molecular flexibility index (Phi) is 5.65. The Balaban J connectivity index is 1.81. The van der Waals surface area contributed by atoms with E-state index in [9.17, 15) is 14.4 Å². The van der Waals surface area contributed by atoms with E-state index < -0.39 is 17.9 Å². The van der Waals surface area contributed by atoms with Crippen LogP contribution in [-0.2, 0) is 17.6 Å². The van der Waals surface area contributed by atoms with E-state index in [2.05, 4.69) is 10.6 Å². The lowest BCUT2D eigenvalue weighted by Gasteiger charge is -2.21. The molecule has 1 atom stereocenters. The van der Waals surface area contributed by atoms with E-state index in [-0.39, 0.29) is 17.6 Å². The van der Waals surface area contributed by atoms with Gasteiger partial charge in [0.05, 0.1) is 11.8 Å². The molecule has 0 unspecified atom stereocenters. The van der Waals surface area contributed by atoms with Crippen molar-refractivity contribution in [2.24, 2.45) is 11.7 Å². The van der Waals surface area contributed by atoms with E-state index in [1.54, 1.807) is 6.07 Å². The molecule has 0 aromatic carbocycles. The van der Waals surface area contributed by atoms with Gasteiger partial charge in [0.1, 0.15) is 11.0 Å². The van der Waals surface area contributed by atoms with Crippen molar-refractivity contribution in [3.05, 3.63) is 40.2 Å². The molecule has 2 heterocycles. The summed E-state index contributed by atoms with van der Waals surface area (Å²) in [4.78, 5) is 38.2. The molecule has 0 aliphatic heterocycles. The van der Waals surface area contributed by atoms with Crippen LogP contribution in [0.15, 0.2) is 22.8 Å². The smallest absolute Gasteiger partial charge is 0.287 e. The number of carbonyl (C=O) groups excluding carboxylic acids is 3. The first-order valence-corrected chi connectivity index (χ1v) is 9.79.